The highest BCUT2D eigenvalue weighted by molar-refractivity contribution is 7.99. The van der Waals surface area contributed by atoms with Crippen molar-refractivity contribution in [3.63, 3.8) is 0 Å². The average Bonchev–Trinajstić information content (AvgIpc) is 4.01. The molecule has 4 aromatic carbocycles. The lowest BCUT2D eigenvalue weighted by Crippen LogP contribution is -2.08. The number of unbranched alkanes of at least 4 members (excludes halogenated alkanes) is 11. The average molecular weight is 907 g/mol. The normalized spacial score (nSPS) is 11.1. The van der Waals surface area contributed by atoms with E-state index in [2.05, 4.69) is 34.2 Å². The van der Waals surface area contributed by atoms with E-state index in [0.29, 0.717) is 58.1 Å². The zero-order chi connectivity index (χ0) is 44.6. The molecule has 12 nitrogen and oxygen atoms in total. The summed E-state index contributed by atoms with van der Waals surface area (Å²) in [5.41, 5.74) is 2.41. The van der Waals surface area contributed by atoms with Crippen molar-refractivity contribution in [3.8, 4) is 45.9 Å². The van der Waals surface area contributed by atoms with Crippen molar-refractivity contribution >= 4 is 35.5 Å². The summed E-state index contributed by atoms with van der Waals surface area (Å²) in [7, 11) is 0. The Morgan fingerprint density at radius 1 is 0.438 bits per heavy atom. The first-order valence-corrected chi connectivity index (χ1v) is 24.5. The second kappa shape index (κ2) is 26.9. The highest BCUT2D eigenvalue weighted by Gasteiger charge is 2.14. The number of carbonyl (C=O) groups is 2. The lowest BCUT2D eigenvalue weighted by atomic mass is 10.1. The Bertz CT molecular complexity index is 2100. The number of thioether (sulfide) groups is 2. The van der Waals surface area contributed by atoms with Crippen LogP contribution in [0.15, 0.2) is 116 Å². The van der Waals surface area contributed by atoms with Gasteiger partial charge in [-0.3, -0.25) is 0 Å². The number of aromatic nitrogens is 4. The van der Waals surface area contributed by atoms with E-state index >= 15 is 0 Å². The molecule has 0 amide bonds. The molecule has 0 radical (unpaired) electrons. The molecule has 338 valence electrons. The molecule has 0 N–H and O–H groups in total. The monoisotopic (exact) mass is 906 g/mol. The second-order valence-electron chi connectivity index (χ2n) is 15.3. The van der Waals surface area contributed by atoms with E-state index in [1.54, 1.807) is 121 Å². The quantitative estimate of drug-likeness (QED) is 0.0190. The number of hydrogen-bond acceptors (Lipinski definition) is 14. The molecule has 0 unspecified atom stereocenters. The van der Waals surface area contributed by atoms with Crippen LogP contribution in [0.25, 0.3) is 22.9 Å². The van der Waals surface area contributed by atoms with Crippen molar-refractivity contribution in [1.82, 2.24) is 20.4 Å². The Morgan fingerprint density at radius 2 is 0.797 bits per heavy atom. The van der Waals surface area contributed by atoms with E-state index in [1.807, 2.05) is 0 Å². The predicted molar refractivity (Wildman–Crippen MR) is 251 cm³/mol. The summed E-state index contributed by atoms with van der Waals surface area (Å²) < 4.78 is 34.4. The first kappa shape index (κ1) is 47.9. The molecule has 0 fully saturated rings. The summed E-state index contributed by atoms with van der Waals surface area (Å²) in [5, 5.41) is 17.9. The summed E-state index contributed by atoms with van der Waals surface area (Å²) in [6.45, 7) is 5.71. The van der Waals surface area contributed by atoms with Crippen LogP contribution in [0, 0.1) is 0 Å². The lowest BCUT2D eigenvalue weighted by Gasteiger charge is -2.08. The van der Waals surface area contributed by atoms with Crippen LogP contribution in [-0.4, -0.2) is 57.1 Å². The molecule has 2 heterocycles. The molecular formula is C50H58N4O8S2. The van der Waals surface area contributed by atoms with Crippen LogP contribution in [0.5, 0.6) is 23.0 Å². The van der Waals surface area contributed by atoms with Gasteiger partial charge in [-0.25, -0.2) is 9.59 Å². The molecule has 0 spiro atoms. The predicted octanol–water partition coefficient (Wildman–Crippen LogP) is 13.4. The van der Waals surface area contributed by atoms with Gasteiger partial charge in [0.25, 0.3) is 10.4 Å². The molecule has 0 saturated carbocycles. The third kappa shape index (κ3) is 16.2. The van der Waals surface area contributed by atoms with Crippen LogP contribution in [0.4, 0.5) is 0 Å². The molecular weight excluding hydrogens is 849 g/mol. The molecule has 0 aliphatic heterocycles. The highest BCUT2D eigenvalue weighted by Crippen LogP contribution is 2.28. The molecule has 0 atom stereocenters. The smallest absolute Gasteiger partial charge is 0.343 e. The molecule has 14 heteroatoms. The zero-order valence-electron chi connectivity index (χ0n) is 36.8. The molecule has 6 aromatic rings. The Balaban J connectivity index is 0.793. The van der Waals surface area contributed by atoms with E-state index < -0.39 is 11.9 Å². The standard InChI is InChI=1S/C50H58N4O8S2/c1-3-5-7-13-33-57-41-25-21-39(22-26-41)47(55)59-43-29-17-37(18-30-43)45-51-53-49(61-45)63-35-15-11-9-10-12-16-36-64-50-54-52-46(62-50)38-19-31-44(32-20-38)60-48(56)40-23-27-42(28-24-40)58-34-14-8-6-4-2/h17-32H,3-16,33-36H2,1-2H3. The number of rotatable bonds is 29. The van der Waals surface area contributed by atoms with Gasteiger partial charge in [0.05, 0.1) is 24.3 Å². The van der Waals surface area contributed by atoms with Crippen molar-refractivity contribution in [3.05, 3.63) is 108 Å². The van der Waals surface area contributed by atoms with Gasteiger partial charge in [0.2, 0.25) is 11.8 Å². The minimum atomic E-state index is -0.436. The number of ether oxygens (including phenoxy) is 4. The van der Waals surface area contributed by atoms with Gasteiger partial charge in [-0.15, -0.1) is 20.4 Å². The maximum absolute atomic E-state index is 12.7. The maximum Gasteiger partial charge on any atom is 0.343 e. The number of hydrogen-bond donors (Lipinski definition) is 0. The molecule has 0 aliphatic carbocycles. The van der Waals surface area contributed by atoms with Gasteiger partial charge in [0, 0.05) is 22.6 Å². The Hall–Kier alpha value is -5.60. The van der Waals surface area contributed by atoms with Crippen LogP contribution in [0.1, 0.15) is 124 Å². The van der Waals surface area contributed by atoms with Gasteiger partial charge < -0.3 is 27.8 Å². The van der Waals surface area contributed by atoms with E-state index in [0.717, 1.165) is 98.3 Å². The summed E-state index contributed by atoms with van der Waals surface area (Å²) in [6, 6.07) is 28.1. The van der Waals surface area contributed by atoms with E-state index in [9.17, 15) is 9.59 Å². The fourth-order valence-electron chi connectivity index (χ4n) is 6.47. The zero-order valence-corrected chi connectivity index (χ0v) is 38.5. The van der Waals surface area contributed by atoms with Crippen LogP contribution >= 0.6 is 23.5 Å². The van der Waals surface area contributed by atoms with E-state index in [1.165, 1.54) is 25.7 Å². The van der Waals surface area contributed by atoms with Gasteiger partial charge in [-0.2, -0.15) is 0 Å². The maximum atomic E-state index is 12.7. The third-order valence-electron chi connectivity index (χ3n) is 10.1. The Kier molecular flexibility index (Phi) is 20.1. The minimum Gasteiger partial charge on any atom is -0.494 e. The van der Waals surface area contributed by atoms with Crippen molar-refractivity contribution < 1.29 is 37.4 Å². The van der Waals surface area contributed by atoms with Crippen molar-refractivity contribution in [2.75, 3.05) is 24.7 Å². The third-order valence-corrected chi connectivity index (χ3v) is 11.9. The van der Waals surface area contributed by atoms with Crippen molar-refractivity contribution in [2.45, 2.75) is 114 Å². The molecule has 0 saturated heterocycles. The van der Waals surface area contributed by atoms with E-state index in [-0.39, 0.29) is 0 Å². The van der Waals surface area contributed by atoms with Crippen LogP contribution in [-0.2, 0) is 0 Å². The number of esters is 2. The fraction of sp³-hybridized carbons (Fsp3) is 0.400. The summed E-state index contributed by atoms with van der Waals surface area (Å²) >= 11 is 3.12. The first-order valence-electron chi connectivity index (χ1n) is 22.5. The Labute approximate surface area is 384 Å². The fourth-order valence-corrected chi connectivity index (χ4v) is 7.99. The SMILES string of the molecule is CCCCCCOc1ccc(C(=O)Oc2ccc(-c3nnc(SCCCCCCCCSc4nnc(-c5ccc(OC(=O)c6ccc(OCCCCCC)cc6)cc5)o4)o3)cc2)cc1. The highest BCUT2D eigenvalue weighted by atomic mass is 32.2. The van der Waals surface area contributed by atoms with Crippen LogP contribution in [0.2, 0.25) is 0 Å². The molecule has 2 aromatic heterocycles. The molecule has 0 bridgehead atoms. The van der Waals surface area contributed by atoms with Crippen molar-refractivity contribution in [1.29, 1.82) is 0 Å². The number of benzene rings is 4. The number of nitrogens with zero attached hydrogens (tertiary/aromatic N) is 4. The second-order valence-corrected chi connectivity index (χ2v) is 17.4. The molecule has 64 heavy (non-hydrogen) atoms. The van der Waals surface area contributed by atoms with Gasteiger partial charge in [-0.05, 0) is 123 Å². The first-order chi connectivity index (χ1) is 31.5. The minimum absolute atomic E-state index is 0.423. The Morgan fingerprint density at radius 3 is 1.19 bits per heavy atom. The summed E-state index contributed by atoms with van der Waals surface area (Å²) in [4.78, 5) is 25.4. The van der Waals surface area contributed by atoms with Crippen LogP contribution < -0.4 is 18.9 Å². The topological polar surface area (TPSA) is 149 Å². The number of carbonyl (C=O) groups excluding carboxylic acids is 2. The van der Waals surface area contributed by atoms with Gasteiger partial charge in [0.15, 0.2) is 0 Å². The van der Waals surface area contributed by atoms with Gasteiger partial charge in [0.1, 0.15) is 23.0 Å². The van der Waals surface area contributed by atoms with Crippen molar-refractivity contribution in [2.24, 2.45) is 0 Å². The van der Waals surface area contributed by atoms with Gasteiger partial charge in [-0.1, -0.05) is 102 Å². The molecule has 6 rings (SSSR count). The lowest BCUT2D eigenvalue weighted by molar-refractivity contribution is 0.0725. The summed E-state index contributed by atoms with van der Waals surface area (Å²) in [6.07, 6.45) is 15.8. The molecule has 0 aliphatic rings. The summed E-state index contributed by atoms with van der Waals surface area (Å²) in [5.74, 6) is 4.12. The van der Waals surface area contributed by atoms with Crippen LogP contribution in [0.3, 0.4) is 0 Å². The largest absolute Gasteiger partial charge is 0.494 e. The van der Waals surface area contributed by atoms with Gasteiger partial charge >= 0.3 is 11.9 Å². The van der Waals surface area contributed by atoms with E-state index in [4.69, 9.17) is 27.8 Å².